The number of phenols is 1. The molecule has 0 radical (unpaired) electrons. The third-order valence-corrected chi connectivity index (χ3v) is 3.75. The van der Waals surface area contributed by atoms with Crippen LogP contribution in [0.1, 0.15) is 24.5 Å². The van der Waals surface area contributed by atoms with E-state index in [0.717, 1.165) is 11.3 Å². The third kappa shape index (κ3) is 2.84. The second kappa shape index (κ2) is 5.87. The molecule has 0 aliphatic rings. The summed E-state index contributed by atoms with van der Waals surface area (Å²) in [6.07, 6.45) is 0.376. The number of aromatic hydroxyl groups is 1. The highest BCUT2D eigenvalue weighted by atomic mass is 16.4. The zero-order valence-electron chi connectivity index (χ0n) is 12.1. The number of hydrogen-bond donors (Lipinski definition) is 3. The van der Waals surface area contributed by atoms with Gasteiger partial charge in [-0.3, -0.25) is 0 Å². The van der Waals surface area contributed by atoms with Gasteiger partial charge in [-0.05, 0) is 42.7 Å². The molecule has 4 nitrogen and oxygen atoms in total. The fourth-order valence-electron chi connectivity index (χ4n) is 2.38. The van der Waals surface area contributed by atoms with Crippen LogP contribution >= 0.6 is 0 Å². The Morgan fingerprint density at radius 1 is 1.14 bits per heavy atom. The number of para-hydroxylation sites is 1. The van der Waals surface area contributed by atoms with E-state index in [0.29, 0.717) is 12.0 Å². The Morgan fingerprint density at radius 2 is 1.76 bits per heavy atom. The summed E-state index contributed by atoms with van der Waals surface area (Å²) in [4.78, 5) is 11.9. The van der Waals surface area contributed by atoms with Crippen molar-refractivity contribution in [2.75, 3.05) is 5.32 Å². The van der Waals surface area contributed by atoms with Crippen molar-refractivity contribution in [3.63, 3.8) is 0 Å². The number of aliphatic carboxylic acids is 1. The van der Waals surface area contributed by atoms with Crippen LogP contribution in [0, 0.1) is 6.92 Å². The van der Waals surface area contributed by atoms with Crippen LogP contribution < -0.4 is 5.32 Å². The summed E-state index contributed by atoms with van der Waals surface area (Å²) >= 11 is 0. The van der Waals surface area contributed by atoms with E-state index in [9.17, 15) is 15.0 Å². The molecule has 3 N–H and O–H groups in total. The average molecular weight is 285 g/mol. The molecule has 1 atom stereocenters. The van der Waals surface area contributed by atoms with Crippen molar-refractivity contribution in [3.05, 3.63) is 59.7 Å². The predicted octanol–water partition coefficient (Wildman–Crippen LogP) is 3.50. The fourth-order valence-corrected chi connectivity index (χ4v) is 2.38. The van der Waals surface area contributed by atoms with Crippen molar-refractivity contribution in [2.24, 2.45) is 0 Å². The summed E-state index contributed by atoms with van der Waals surface area (Å²) in [5.41, 5.74) is 1.16. The predicted molar refractivity (Wildman–Crippen MR) is 82.5 cm³/mol. The van der Waals surface area contributed by atoms with E-state index in [4.69, 9.17) is 0 Å². The van der Waals surface area contributed by atoms with Crippen molar-refractivity contribution in [1.82, 2.24) is 0 Å². The fraction of sp³-hybridized carbons (Fsp3) is 0.235. The lowest BCUT2D eigenvalue weighted by Crippen LogP contribution is -2.43. The first-order valence-corrected chi connectivity index (χ1v) is 6.86. The second-order valence-corrected chi connectivity index (χ2v) is 5.05. The molecule has 2 rings (SSSR count). The van der Waals surface area contributed by atoms with Crippen LogP contribution in [0.3, 0.4) is 0 Å². The maximum absolute atomic E-state index is 11.9. The molecule has 0 saturated heterocycles. The topological polar surface area (TPSA) is 69.6 Å². The summed E-state index contributed by atoms with van der Waals surface area (Å²) in [6, 6.07) is 13.9. The van der Waals surface area contributed by atoms with Gasteiger partial charge in [-0.25, -0.2) is 4.79 Å². The van der Waals surface area contributed by atoms with E-state index in [2.05, 4.69) is 5.32 Å². The van der Waals surface area contributed by atoms with Gasteiger partial charge in [0.25, 0.3) is 0 Å². The van der Waals surface area contributed by atoms with Crippen LogP contribution in [-0.2, 0) is 10.3 Å². The number of carboxylic acid groups (broad SMARTS) is 1. The molecule has 0 heterocycles. The Morgan fingerprint density at radius 3 is 2.29 bits per heavy atom. The highest BCUT2D eigenvalue weighted by Crippen LogP contribution is 2.32. The summed E-state index contributed by atoms with van der Waals surface area (Å²) in [6.45, 7) is 3.76. The van der Waals surface area contributed by atoms with Crippen LogP contribution in [-0.4, -0.2) is 16.2 Å². The minimum atomic E-state index is -1.22. The Kier molecular flexibility index (Phi) is 4.17. The lowest BCUT2D eigenvalue weighted by atomic mass is 9.86. The van der Waals surface area contributed by atoms with E-state index >= 15 is 0 Å². The van der Waals surface area contributed by atoms with Gasteiger partial charge in [-0.1, -0.05) is 37.3 Å². The number of aryl methyl sites for hydroxylation is 1. The molecule has 0 bridgehead atoms. The monoisotopic (exact) mass is 285 g/mol. The minimum absolute atomic E-state index is 0.116. The van der Waals surface area contributed by atoms with Crippen LogP contribution in [0.2, 0.25) is 0 Å². The van der Waals surface area contributed by atoms with Gasteiger partial charge in [0.15, 0.2) is 5.54 Å². The number of rotatable bonds is 5. The molecule has 0 aliphatic carbocycles. The summed E-state index contributed by atoms with van der Waals surface area (Å²) in [5.74, 6) is -0.830. The smallest absolute Gasteiger partial charge is 0.334 e. The standard InChI is InChI=1S/C17H19NO3/c1-3-17(16(20)21,13-8-10-14(19)11-9-13)18-15-7-5-4-6-12(15)2/h4-11,18-19H,3H2,1-2H3,(H,20,21). The average Bonchev–Trinajstić information content (AvgIpc) is 2.47. The zero-order chi connectivity index (χ0) is 15.5. The number of nitrogens with one attached hydrogen (secondary N) is 1. The lowest BCUT2D eigenvalue weighted by Gasteiger charge is -2.31. The van der Waals surface area contributed by atoms with Gasteiger partial charge >= 0.3 is 5.97 Å². The molecule has 0 aromatic heterocycles. The number of anilines is 1. The van der Waals surface area contributed by atoms with Crippen molar-refractivity contribution in [1.29, 1.82) is 0 Å². The molecule has 110 valence electrons. The van der Waals surface area contributed by atoms with Gasteiger partial charge < -0.3 is 15.5 Å². The Hall–Kier alpha value is -2.49. The maximum atomic E-state index is 11.9. The molecule has 21 heavy (non-hydrogen) atoms. The van der Waals surface area contributed by atoms with Crippen molar-refractivity contribution in [2.45, 2.75) is 25.8 Å². The first-order chi connectivity index (χ1) is 9.99. The quantitative estimate of drug-likeness (QED) is 0.786. The highest BCUT2D eigenvalue weighted by Gasteiger charge is 2.39. The molecule has 0 saturated carbocycles. The molecule has 0 aliphatic heterocycles. The molecule has 4 heteroatoms. The largest absolute Gasteiger partial charge is 0.508 e. The molecular formula is C17H19NO3. The van der Waals surface area contributed by atoms with Crippen LogP contribution in [0.15, 0.2) is 48.5 Å². The Bertz CT molecular complexity index is 637. The van der Waals surface area contributed by atoms with E-state index in [1.54, 1.807) is 12.1 Å². The van der Waals surface area contributed by atoms with Crippen LogP contribution in [0.4, 0.5) is 5.69 Å². The van der Waals surface area contributed by atoms with E-state index in [1.807, 2.05) is 38.1 Å². The van der Waals surface area contributed by atoms with Crippen molar-refractivity contribution < 1.29 is 15.0 Å². The normalized spacial score (nSPS) is 13.4. The van der Waals surface area contributed by atoms with E-state index < -0.39 is 11.5 Å². The zero-order valence-corrected chi connectivity index (χ0v) is 12.1. The van der Waals surface area contributed by atoms with E-state index in [1.165, 1.54) is 12.1 Å². The highest BCUT2D eigenvalue weighted by molar-refractivity contribution is 5.85. The second-order valence-electron chi connectivity index (χ2n) is 5.05. The summed E-state index contributed by atoms with van der Waals surface area (Å²) in [5, 5.41) is 22.3. The van der Waals surface area contributed by atoms with Gasteiger partial charge in [-0.15, -0.1) is 0 Å². The number of hydrogen-bond acceptors (Lipinski definition) is 3. The minimum Gasteiger partial charge on any atom is -0.508 e. The molecule has 0 fully saturated rings. The third-order valence-electron chi connectivity index (χ3n) is 3.75. The molecule has 2 aromatic rings. The van der Waals surface area contributed by atoms with Crippen molar-refractivity contribution in [3.8, 4) is 5.75 Å². The van der Waals surface area contributed by atoms with Gasteiger partial charge in [0.05, 0.1) is 0 Å². The Labute approximate surface area is 124 Å². The van der Waals surface area contributed by atoms with Crippen LogP contribution in [0.25, 0.3) is 0 Å². The molecule has 0 spiro atoms. The van der Waals surface area contributed by atoms with Gasteiger partial charge in [0.1, 0.15) is 5.75 Å². The summed E-state index contributed by atoms with van der Waals surface area (Å²) in [7, 11) is 0. The molecule has 2 aromatic carbocycles. The van der Waals surface area contributed by atoms with Crippen molar-refractivity contribution >= 4 is 11.7 Å². The van der Waals surface area contributed by atoms with Gasteiger partial charge in [0.2, 0.25) is 0 Å². The molecular weight excluding hydrogens is 266 g/mol. The molecule has 1 unspecified atom stereocenters. The lowest BCUT2D eigenvalue weighted by molar-refractivity contribution is -0.142. The Balaban J connectivity index is 2.50. The first kappa shape index (κ1) is 14.9. The number of carboxylic acids is 1. The number of carbonyl (C=O) groups is 1. The summed E-state index contributed by atoms with van der Waals surface area (Å²) < 4.78 is 0. The first-order valence-electron chi connectivity index (χ1n) is 6.86. The number of benzene rings is 2. The molecule has 0 amide bonds. The van der Waals surface area contributed by atoms with Gasteiger partial charge in [-0.2, -0.15) is 0 Å². The SMILES string of the molecule is CCC(Nc1ccccc1C)(C(=O)O)c1ccc(O)cc1. The van der Waals surface area contributed by atoms with Gasteiger partial charge in [0, 0.05) is 5.69 Å². The number of phenolic OH excluding ortho intramolecular Hbond substituents is 1. The van der Waals surface area contributed by atoms with E-state index in [-0.39, 0.29) is 5.75 Å². The maximum Gasteiger partial charge on any atom is 0.334 e. The van der Waals surface area contributed by atoms with Crippen LogP contribution in [0.5, 0.6) is 5.75 Å².